The largest absolute Gasteiger partial charge is 0.480 e. The van der Waals surface area contributed by atoms with Crippen LogP contribution in [0.2, 0.25) is 0 Å². The fraction of sp³-hybridized carbons (Fsp3) is 0.423. The zero-order chi connectivity index (χ0) is 23.6. The predicted octanol–water partition coefficient (Wildman–Crippen LogP) is 4.16. The number of amides is 2. The number of benzene rings is 2. The number of rotatable bonds is 8. The lowest BCUT2D eigenvalue weighted by molar-refractivity contribution is -0.151. The lowest BCUT2D eigenvalue weighted by Gasteiger charge is -2.44. The van der Waals surface area contributed by atoms with E-state index >= 15 is 0 Å². The summed E-state index contributed by atoms with van der Waals surface area (Å²) in [6.45, 7) is 3.50. The summed E-state index contributed by atoms with van der Waals surface area (Å²) in [6.07, 6.45) is 1.71. The van der Waals surface area contributed by atoms with E-state index < -0.39 is 17.6 Å². The SMILES string of the molecule is CCC(C)N(CC(=O)O)C(=O)C1(NC(=O)OCC2c3ccccc3-c3ccccc32)CCC1. The highest BCUT2D eigenvalue weighted by molar-refractivity contribution is 5.93. The number of carbonyl (C=O) groups excluding carboxylic acids is 2. The molecule has 0 saturated heterocycles. The molecule has 2 amide bonds. The average molecular weight is 451 g/mol. The van der Waals surface area contributed by atoms with E-state index in [1.807, 2.05) is 50.2 Å². The summed E-state index contributed by atoms with van der Waals surface area (Å²) in [5, 5.41) is 12.1. The molecule has 0 heterocycles. The van der Waals surface area contributed by atoms with E-state index in [0.717, 1.165) is 28.7 Å². The van der Waals surface area contributed by atoms with E-state index in [1.165, 1.54) is 4.90 Å². The van der Waals surface area contributed by atoms with Crippen molar-refractivity contribution in [2.24, 2.45) is 0 Å². The van der Waals surface area contributed by atoms with Crippen LogP contribution in [0, 0.1) is 0 Å². The van der Waals surface area contributed by atoms with Crippen LogP contribution < -0.4 is 5.32 Å². The molecule has 0 aromatic heterocycles. The van der Waals surface area contributed by atoms with E-state index in [9.17, 15) is 19.5 Å². The number of nitrogens with one attached hydrogen (secondary N) is 1. The molecule has 2 aromatic carbocycles. The quantitative estimate of drug-likeness (QED) is 0.630. The Morgan fingerprint density at radius 3 is 2.15 bits per heavy atom. The van der Waals surface area contributed by atoms with Crippen LogP contribution in [-0.4, -0.2) is 52.7 Å². The van der Waals surface area contributed by atoms with Gasteiger partial charge in [-0.15, -0.1) is 0 Å². The van der Waals surface area contributed by atoms with Gasteiger partial charge < -0.3 is 20.1 Å². The molecule has 1 unspecified atom stereocenters. The molecule has 1 saturated carbocycles. The van der Waals surface area contributed by atoms with Crippen LogP contribution >= 0.6 is 0 Å². The Kier molecular flexibility index (Phi) is 6.40. The Hall–Kier alpha value is -3.35. The Labute approximate surface area is 193 Å². The molecule has 2 aliphatic rings. The first kappa shape index (κ1) is 22.8. The Morgan fingerprint density at radius 2 is 1.67 bits per heavy atom. The number of hydrogen-bond acceptors (Lipinski definition) is 4. The average Bonchev–Trinajstić information content (AvgIpc) is 3.11. The van der Waals surface area contributed by atoms with Gasteiger partial charge in [-0.25, -0.2) is 4.79 Å². The predicted molar refractivity (Wildman–Crippen MR) is 124 cm³/mol. The summed E-state index contributed by atoms with van der Waals surface area (Å²) >= 11 is 0. The van der Waals surface area contributed by atoms with Gasteiger partial charge in [0.05, 0.1) is 0 Å². The Balaban J connectivity index is 1.46. The third kappa shape index (κ3) is 4.32. The van der Waals surface area contributed by atoms with Crippen molar-refractivity contribution in [2.75, 3.05) is 13.2 Å². The monoisotopic (exact) mass is 450 g/mol. The smallest absolute Gasteiger partial charge is 0.408 e. The van der Waals surface area contributed by atoms with E-state index in [4.69, 9.17) is 4.74 Å². The molecule has 174 valence electrons. The molecular weight excluding hydrogens is 420 g/mol. The summed E-state index contributed by atoms with van der Waals surface area (Å²) in [5.74, 6) is -1.49. The van der Waals surface area contributed by atoms with Gasteiger partial charge in [0.25, 0.3) is 0 Å². The van der Waals surface area contributed by atoms with Crippen LogP contribution in [0.5, 0.6) is 0 Å². The van der Waals surface area contributed by atoms with Gasteiger partial charge in [0.1, 0.15) is 18.7 Å². The molecule has 0 spiro atoms. The topological polar surface area (TPSA) is 95.9 Å². The molecule has 33 heavy (non-hydrogen) atoms. The number of carboxylic acid groups (broad SMARTS) is 1. The number of carboxylic acids is 1. The van der Waals surface area contributed by atoms with Crippen molar-refractivity contribution in [3.8, 4) is 11.1 Å². The highest BCUT2D eigenvalue weighted by Crippen LogP contribution is 2.44. The standard InChI is InChI=1S/C26H30N2O5/c1-3-17(2)28(15-23(29)30)24(31)26(13-8-14-26)27-25(32)33-16-22-20-11-6-4-9-18(20)19-10-5-7-12-21(19)22/h4-7,9-12,17,22H,3,8,13-16H2,1-2H3,(H,27,32)(H,29,30). The normalized spacial score (nSPS) is 16.7. The molecular formula is C26H30N2O5. The molecule has 0 bridgehead atoms. The van der Waals surface area contributed by atoms with Crippen molar-refractivity contribution in [2.45, 2.75) is 57.0 Å². The lowest BCUT2D eigenvalue weighted by Crippen LogP contribution is -2.65. The van der Waals surface area contributed by atoms with Gasteiger partial charge in [-0.2, -0.15) is 0 Å². The molecule has 2 aromatic rings. The summed E-state index contributed by atoms with van der Waals surface area (Å²) in [7, 11) is 0. The molecule has 2 N–H and O–H groups in total. The van der Waals surface area contributed by atoms with E-state index in [0.29, 0.717) is 19.3 Å². The number of fused-ring (bicyclic) bond motifs is 3. The Bertz CT molecular complexity index is 1020. The number of hydrogen-bond donors (Lipinski definition) is 2. The summed E-state index contributed by atoms with van der Waals surface area (Å²) in [4.78, 5) is 38.8. The highest BCUT2D eigenvalue weighted by atomic mass is 16.5. The molecule has 0 aliphatic heterocycles. The minimum Gasteiger partial charge on any atom is -0.480 e. The first-order valence-electron chi connectivity index (χ1n) is 11.5. The van der Waals surface area contributed by atoms with Crippen molar-refractivity contribution < 1.29 is 24.2 Å². The number of aliphatic carboxylic acids is 1. The second-order valence-corrected chi connectivity index (χ2v) is 8.97. The molecule has 4 rings (SSSR count). The van der Waals surface area contributed by atoms with Crippen molar-refractivity contribution >= 4 is 18.0 Å². The minimum absolute atomic E-state index is 0.0696. The van der Waals surface area contributed by atoms with Crippen LogP contribution in [0.15, 0.2) is 48.5 Å². The number of nitrogens with zero attached hydrogens (tertiary/aromatic N) is 1. The number of alkyl carbamates (subject to hydrolysis) is 1. The van der Waals surface area contributed by atoms with Gasteiger partial charge in [-0.05, 0) is 54.9 Å². The van der Waals surface area contributed by atoms with Crippen molar-refractivity contribution in [1.29, 1.82) is 0 Å². The fourth-order valence-corrected chi connectivity index (χ4v) is 4.82. The molecule has 0 radical (unpaired) electrons. The third-order valence-electron chi connectivity index (χ3n) is 6.99. The Morgan fingerprint density at radius 1 is 1.09 bits per heavy atom. The molecule has 2 aliphatic carbocycles. The maximum Gasteiger partial charge on any atom is 0.408 e. The summed E-state index contributed by atoms with van der Waals surface area (Å²) in [5.41, 5.74) is 3.42. The molecule has 1 atom stereocenters. The van der Waals surface area contributed by atoms with Crippen LogP contribution in [0.4, 0.5) is 4.79 Å². The van der Waals surface area contributed by atoms with Crippen LogP contribution in [-0.2, 0) is 14.3 Å². The van der Waals surface area contributed by atoms with Crippen LogP contribution in [0.3, 0.4) is 0 Å². The highest BCUT2D eigenvalue weighted by Gasteiger charge is 2.49. The lowest BCUT2D eigenvalue weighted by atomic mass is 9.75. The first-order chi connectivity index (χ1) is 15.9. The number of carbonyl (C=O) groups is 3. The zero-order valence-electron chi connectivity index (χ0n) is 19.0. The maximum atomic E-state index is 13.3. The fourth-order valence-electron chi connectivity index (χ4n) is 4.82. The van der Waals surface area contributed by atoms with Crippen LogP contribution in [0.1, 0.15) is 56.6 Å². The first-order valence-corrected chi connectivity index (χ1v) is 11.5. The zero-order valence-corrected chi connectivity index (χ0v) is 19.0. The van der Waals surface area contributed by atoms with Crippen molar-refractivity contribution in [1.82, 2.24) is 10.2 Å². The molecule has 1 fully saturated rings. The van der Waals surface area contributed by atoms with E-state index in [2.05, 4.69) is 17.4 Å². The van der Waals surface area contributed by atoms with Crippen LogP contribution in [0.25, 0.3) is 11.1 Å². The summed E-state index contributed by atoms with van der Waals surface area (Å²) in [6, 6.07) is 16.0. The van der Waals surface area contributed by atoms with Gasteiger partial charge in [0.15, 0.2) is 0 Å². The summed E-state index contributed by atoms with van der Waals surface area (Å²) < 4.78 is 5.63. The second-order valence-electron chi connectivity index (χ2n) is 8.97. The van der Waals surface area contributed by atoms with E-state index in [1.54, 1.807) is 0 Å². The third-order valence-corrected chi connectivity index (χ3v) is 6.99. The second kappa shape index (κ2) is 9.25. The maximum absolute atomic E-state index is 13.3. The minimum atomic E-state index is -1.10. The van der Waals surface area contributed by atoms with Gasteiger partial charge in [0.2, 0.25) is 5.91 Å². The van der Waals surface area contributed by atoms with Gasteiger partial charge in [-0.1, -0.05) is 55.5 Å². The van der Waals surface area contributed by atoms with Gasteiger partial charge >= 0.3 is 12.1 Å². The van der Waals surface area contributed by atoms with Crippen molar-refractivity contribution in [3.05, 3.63) is 59.7 Å². The number of ether oxygens (including phenoxy) is 1. The molecule has 7 heteroatoms. The van der Waals surface area contributed by atoms with Crippen molar-refractivity contribution in [3.63, 3.8) is 0 Å². The molecule has 7 nitrogen and oxygen atoms in total. The van der Waals surface area contributed by atoms with Gasteiger partial charge in [-0.3, -0.25) is 9.59 Å². The van der Waals surface area contributed by atoms with E-state index in [-0.39, 0.29) is 31.0 Å². The van der Waals surface area contributed by atoms with Gasteiger partial charge in [0, 0.05) is 12.0 Å².